The first-order valence-corrected chi connectivity index (χ1v) is 10.9. The maximum atomic E-state index is 5.71. The second kappa shape index (κ2) is 8.50. The SMILES string of the molecule is NC/C=C\CN(Cc1nccc2c1Cc1ccccc1-2)[C@H]1CCCc2cccnc21. The third-order valence-electron chi connectivity index (χ3n) is 6.42. The molecule has 30 heavy (non-hydrogen) atoms. The molecule has 152 valence electrons. The highest BCUT2D eigenvalue weighted by Gasteiger charge is 2.29. The van der Waals surface area contributed by atoms with Crippen LogP contribution in [0, 0.1) is 0 Å². The third-order valence-corrected chi connectivity index (χ3v) is 6.42. The lowest BCUT2D eigenvalue weighted by Gasteiger charge is -2.34. The van der Waals surface area contributed by atoms with Crippen molar-refractivity contribution in [3.63, 3.8) is 0 Å². The number of fused-ring (bicyclic) bond motifs is 4. The molecule has 0 saturated heterocycles. The van der Waals surface area contributed by atoms with E-state index in [0.29, 0.717) is 12.6 Å². The largest absolute Gasteiger partial charge is 0.327 e. The van der Waals surface area contributed by atoms with Gasteiger partial charge in [0, 0.05) is 38.4 Å². The van der Waals surface area contributed by atoms with E-state index in [9.17, 15) is 0 Å². The number of rotatable bonds is 6. The van der Waals surface area contributed by atoms with Gasteiger partial charge in [0.1, 0.15) is 0 Å². The summed E-state index contributed by atoms with van der Waals surface area (Å²) in [5.74, 6) is 0. The van der Waals surface area contributed by atoms with Gasteiger partial charge in [-0.05, 0) is 59.2 Å². The summed E-state index contributed by atoms with van der Waals surface area (Å²) in [6.07, 6.45) is 12.6. The van der Waals surface area contributed by atoms with Crippen molar-refractivity contribution in [3.05, 3.63) is 95.1 Å². The predicted molar refractivity (Wildman–Crippen MR) is 121 cm³/mol. The van der Waals surface area contributed by atoms with Crippen LogP contribution in [0.3, 0.4) is 0 Å². The van der Waals surface area contributed by atoms with Gasteiger partial charge >= 0.3 is 0 Å². The van der Waals surface area contributed by atoms with Gasteiger partial charge in [-0.1, -0.05) is 42.5 Å². The van der Waals surface area contributed by atoms with Crippen molar-refractivity contribution in [3.8, 4) is 11.1 Å². The molecule has 4 heteroatoms. The number of hydrogen-bond donors (Lipinski definition) is 1. The minimum atomic E-state index is 0.318. The van der Waals surface area contributed by atoms with Crippen molar-refractivity contribution in [1.82, 2.24) is 14.9 Å². The molecule has 4 nitrogen and oxygen atoms in total. The van der Waals surface area contributed by atoms with E-state index < -0.39 is 0 Å². The molecular weight excluding hydrogens is 368 g/mol. The van der Waals surface area contributed by atoms with Crippen LogP contribution in [0.5, 0.6) is 0 Å². The molecule has 2 aromatic heterocycles. The lowest BCUT2D eigenvalue weighted by molar-refractivity contribution is 0.182. The van der Waals surface area contributed by atoms with Gasteiger partial charge in [-0.25, -0.2) is 0 Å². The van der Waals surface area contributed by atoms with Crippen molar-refractivity contribution in [2.24, 2.45) is 5.73 Å². The fourth-order valence-corrected chi connectivity index (χ4v) is 4.99. The number of aromatic nitrogens is 2. The van der Waals surface area contributed by atoms with Crippen LogP contribution in [0.25, 0.3) is 11.1 Å². The molecule has 0 saturated carbocycles. The number of benzene rings is 1. The summed E-state index contributed by atoms with van der Waals surface area (Å²) in [5, 5.41) is 0. The molecule has 0 aliphatic heterocycles. The third kappa shape index (κ3) is 3.57. The van der Waals surface area contributed by atoms with Crippen LogP contribution in [-0.4, -0.2) is 28.0 Å². The van der Waals surface area contributed by atoms with E-state index in [1.165, 1.54) is 45.6 Å². The van der Waals surface area contributed by atoms with Gasteiger partial charge in [-0.3, -0.25) is 14.9 Å². The van der Waals surface area contributed by atoms with Crippen molar-refractivity contribution >= 4 is 0 Å². The van der Waals surface area contributed by atoms with Crippen LogP contribution in [0.1, 0.15) is 47.0 Å². The Hall–Kier alpha value is -2.82. The van der Waals surface area contributed by atoms with Gasteiger partial charge in [-0.2, -0.15) is 0 Å². The van der Waals surface area contributed by atoms with Crippen LogP contribution in [-0.2, 0) is 19.4 Å². The first-order valence-electron chi connectivity index (χ1n) is 10.9. The van der Waals surface area contributed by atoms with E-state index in [1.54, 1.807) is 0 Å². The van der Waals surface area contributed by atoms with Crippen molar-refractivity contribution in [1.29, 1.82) is 0 Å². The van der Waals surface area contributed by atoms with Crippen LogP contribution < -0.4 is 5.73 Å². The molecule has 5 rings (SSSR count). The fourth-order valence-electron chi connectivity index (χ4n) is 4.99. The number of pyridine rings is 2. The summed E-state index contributed by atoms with van der Waals surface area (Å²) in [6, 6.07) is 15.5. The molecule has 0 unspecified atom stereocenters. The fraction of sp³-hybridized carbons (Fsp3) is 0.308. The summed E-state index contributed by atoms with van der Waals surface area (Å²) in [5.41, 5.74) is 15.0. The summed E-state index contributed by atoms with van der Waals surface area (Å²) in [6.45, 7) is 2.25. The van der Waals surface area contributed by atoms with Crippen LogP contribution in [0.4, 0.5) is 0 Å². The van der Waals surface area contributed by atoms with Crippen molar-refractivity contribution in [2.75, 3.05) is 13.1 Å². The molecule has 0 fully saturated rings. The van der Waals surface area contributed by atoms with E-state index in [4.69, 9.17) is 15.7 Å². The highest BCUT2D eigenvalue weighted by atomic mass is 15.2. The molecule has 0 radical (unpaired) electrons. The highest BCUT2D eigenvalue weighted by molar-refractivity contribution is 5.77. The monoisotopic (exact) mass is 396 g/mol. The molecule has 1 aromatic carbocycles. The predicted octanol–water partition coefficient (Wildman–Crippen LogP) is 4.44. The molecule has 2 aliphatic rings. The average Bonchev–Trinajstić information content (AvgIpc) is 3.18. The zero-order valence-electron chi connectivity index (χ0n) is 17.3. The van der Waals surface area contributed by atoms with Crippen molar-refractivity contribution in [2.45, 2.75) is 38.3 Å². The van der Waals surface area contributed by atoms with Crippen molar-refractivity contribution < 1.29 is 0 Å². The second-order valence-corrected chi connectivity index (χ2v) is 8.21. The van der Waals surface area contributed by atoms with Crippen LogP contribution in [0.15, 0.2) is 67.0 Å². The second-order valence-electron chi connectivity index (χ2n) is 8.21. The maximum Gasteiger partial charge on any atom is 0.0607 e. The summed E-state index contributed by atoms with van der Waals surface area (Å²) in [4.78, 5) is 12.2. The van der Waals surface area contributed by atoms with E-state index in [2.05, 4.69) is 53.4 Å². The highest BCUT2D eigenvalue weighted by Crippen LogP contribution is 2.39. The molecular formula is C26H28N4. The minimum absolute atomic E-state index is 0.318. The van der Waals surface area contributed by atoms with Crippen LogP contribution in [0.2, 0.25) is 0 Å². The zero-order valence-corrected chi connectivity index (χ0v) is 17.3. The Morgan fingerprint density at radius 2 is 1.87 bits per heavy atom. The number of aryl methyl sites for hydroxylation is 1. The van der Waals surface area contributed by atoms with Gasteiger partial charge in [0.05, 0.1) is 17.4 Å². The topological polar surface area (TPSA) is 55.0 Å². The first kappa shape index (κ1) is 19.2. The zero-order chi connectivity index (χ0) is 20.3. The Balaban J connectivity index is 1.49. The molecule has 0 spiro atoms. The molecule has 2 heterocycles. The smallest absolute Gasteiger partial charge is 0.0607 e. The van der Waals surface area contributed by atoms with Crippen LogP contribution >= 0.6 is 0 Å². The molecule has 2 aliphatic carbocycles. The standard InChI is InChI=1S/C26H28N4/c27-13-3-4-16-30(25-11-5-8-19-9-6-14-29-26(19)25)18-24-23-17-20-7-1-2-10-21(20)22(23)12-15-28-24/h1-4,6-7,9-10,12,14-15,25H,5,8,11,13,16-18,27H2/b4-3-/t25-/m0/s1. The quantitative estimate of drug-likeness (QED) is 0.490. The summed E-state index contributed by atoms with van der Waals surface area (Å²) < 4.78 is 0. The van der Waals surface area contributed by atoms with E-state index in [1.807, 2.05) is 18.5 Å². The summed E-state index contributed by atoms with van der Waals surface area (Å²) in [7, 11) is 0. The van der Waals surface area contributed by atoms with E-state index in [0.717, 1.165) is 32.4 Å². The molecule has 1 atom stereocenters. The maximum absolute atomic E-state index is 5.71. The first-order chi connectivity index (χ1) is 14.8. The lowest BCUT2D eigenvalue weighted by Crippen LogP contribution is -2.32. The Labute approximate surface area is 178 Å². The van der Waals surface area contributed by atoms with Gasteiger partial charge in [-0.15, -0.1) is 0 Å². The van der Waals surface area contributed by atoms with Gasteiger partial charge in [0.2, 0.25) is 0 Å². The number of nitrogens with zero attached hydrogens (tertiary/aromatic N) is 3. The van der Waals surface area contributed by atoms with Gasteiger partial charge < -0.3 is 5.73 Å². The average molecular weight is 397 g/mol. The number of nitrogens with two attached hydrogens (primary N) is 1. The summed E-state index contributed by atoms with van der Waals surface area (Å²) >= 11 is 0. The Bertz CT molecular complexity index is 1070. The van der Waals surface area contributed by atoms with E-state index in [-0.39, 0.29) is 0 Å². The van der Waals surface area contributed by atoms with E-state index >= 15 is 0 Å². The number of hydrogen-bond acceptors (Lipinski definition) is 4. The minimum Gasteiger partial charge on any atom is -0.327 e. The Kier molecular flexibility index (Phi) is 5.43. The molecule has 3 aromatic rings. The lowest BCUT2D eigenvalue weighted by atomic mass is 9.90. The normalized spacial score (nSPS) is 17.2. The molecule has 0 amide bonds. The van der Waals surface area contributed by atoms with Gasteiger partial charge in [0.25, 0.3) is 0 Å². The van der Waals surface area contributed by atoms with Gasteiger partial charge in [0.15, 0.2) is 0 Å². The molecule has 2 N–H and O–H groups in total. The Morgan fingerprint density at radius 1 is 0.967 bits per heavy atom. The molecule has 0 bridgehead atoms. The Morgan fingerprint density at radius 3 is 2.80 bits per heavy atom.